The van der Waals surface area contributed by atoms with Gasteiger partial charge in [0.2, 0.25) is 0 Å². The number of aromatic nitrogens is 2. The van der Waals surface area contributed by atoms with E-state index >= 15 is 0 Å². The third kappa shape index (κ3) is 5.91. The van der Waals surface area contributed by atoms with Crippen LogP contribution in [0.3, 0.4) is 0 Å². The highest BCUT2D eigenvalue weighted by Crippen LogP contribution is 2.41. The Bertz CT molecular complexity index is 1360. The maximum atomic E-state index is 13.7. The second-order valence-corrected chi connectivity index (χ2v) is 9.29. The first-order valence-corrected chi connectivity index (χ1v) is 10.6. The molecule has 1 aromatic heterocycles. The van der Waals surface area contributed by atoms with Crippen LogP contribution in [0.15, 0.2) is 47.3 Å². The van der Waals surface area contributed by atoms with E-state index in [1.165, 1.54) is 12.1 Å². The van der Waals surface area contributed by atoms with Gasteiger partial charge in [0, 0.05) is 5.56 Å². The molecule has 0 fully saturated rings. The highest BCUT2D eigenvalue weighted by Gasteiger charge is 2.41. The summed E-state index contributed by atoms with van der Waals surface area (Å²) in [6.45, 7) is 5.09. The molecule has 0 aliphatic carbocycles. The maximum absolute atomic E-state index is 13.7. The van der Waals surface area contributed by atoms with Gasteiger partial charge in [0.15, 0.2) is 5.69 Å². The molecule has 4 nitrogen and oxygen atoms in total. The quantitative estimate of drug-likeness (QED) is 0.370. The zero-order valence-corrected chi connectivity index (χ0v) is 19.5. The lowest BCUT2D eigenvalue weighted by Gasteiger charge is -2.21. The van der Waals surface area contributed by atoms with Gasteiger partial charge in [0.25, 0.3) is 5.56 Å². The third-order valence-electron chi connectivity index (χ3n) is 5.53. The van der Waals surface area contributed by atoms with Gasteiger partial charge in [-0.25, -0.2) is 4.98 Å². The van der Waals surface area contributed by atoms with Crippen LogP contribution in [0.4, 0.5) is 45.2 Å². The first-order valence-electron chi connectivity index (χ1n) is 10.6. The van der Waals surface area contributed by atoms with Crippen molar-refractivity contribution in [1.29, 1.82) is 0 Å². The summed E-state index contributed by atoms with van der Waals surface area (Å²) in [7, 11) is 0. The number of benzene rings is 2. The van der Waals surface area contributed by atoms with Crippen molar-refractivity contribution in [3.8, 4) is 11.4 Å². The molecule has 0 bridgehead atoms. The summed E-state index contributed by atoms with van der Waals surface area (Å²) < 4.78 is 122. The number of alkyl halides is 9. The molecule has 0 aliphatic rings. The van der Waals surface area contributed by atoms with Crippen LogP contribution in [-0.4, -0.2) is 9.55 Å². The van der Waals surface area contributed by atoms with Crippen molar-refractivity contribution in [3.63, 3.8) is 0 Å². The van der Waals surface area contributed by atoms with E-state index in [1.54, 1.807) is 12.1 Å². The lowest BCUT2D eigenvalue weighted by Crippen LogP contribution is -2.31. The van der Waals surface area contributed by atoms with Crippen molar-refractivity contribution in [2.75, 3.05) is 5.73 Å². The van der Waals surface area contributed by atoms with Crippen molar-refractivity contribution in [2.24, 2.45) is 0 Å². The van der Waals surface area contributed by atoms with E-state index in [9.17, 15) is 44.3 Å². The van der Waals surface area contributed by atoms with Gasteiger partial charge in [-0.2, -0.15) is 39.5 Å². The van der Waals surface area contributed by atoms with E-state index in [0.717, 1.165) is 5.56 Å². The number of nitrogens with two attached hydrogens (primary N) is 1. The first kappa shape index (κ1) is 28.1. The van der Waals surface area contributed by atoms with Crippen LogP contribution in [0.2, 0.25) is 0 Å². The van der Waals surface area contributed by atoms with Crippen LogP contribution >= 0.6 is 0 Å². The molecule has 3 aromatic rings. The molecule has 37 heavy (non-hydrogen) atoms. The molecule has 0 saturated heterocycles. The minimum atomic E-state index is -5.37. The SMILES string of the molecule is CC(C)(C)c1ccc(Cn2c(-c3cc(C(F)(F)F)ccc3C(F)(F)F)nc(C(F)(F)F)c(N)c2=O)cc1. The Balaban J connectivity index is 2.37. The molecule has 2 aromatic carbocycles. The Hall–Kier alpha value is -3.51. The van der Waals surface area contributed by atoms with E-state index < -0.39 is 64.5 Å². The standard InChI is InChI=1S/C24H20F9N3O/c1-21(2,3)13-6-4-12(5-7-13)11-36-19(35-18(24(31,32)33)17(34)20(36)37)15-10-14(22(25,26)27)8-9-16(15)23(28,29)30/h4-10H,11,34H2,1-3H3. The van der Waals surface area contributed by atoms with Gasteiger partial charge in [-0.05, 0) is 34.7 Å². The number of hydrogen-bond acceptors (Lipinski definition) is 3. The summed E-state index contributed by atoms with van der Waals surface area (Å²) in [5.74, 6) is -1.26. The molecule has 0 saturated carbocycles. The fourth-order valence-corrected chi connectivity index (χ4v) is 3.58. The Morgan fingerprint density at radius 3 is 1.78 bits per heavy atom. The van der Waals surface area contributed by atoms with Gasteiger partial charge in [-0.15, -0.1) is 0 Å². The van der Waals surface area contributed by atoms with Crippen molar-refractivity contribution in [1.82, 2.24) is 9.55 Å². The van der Waals surface area contributed by atoms with Crippen molar-refractivity contribution >= 4 is 5.69 Å². The fraction of sp³-hybridized carbons (Fsp3) is 0.333. The van der Waals surface area contributed by atoms with Crippen molar-refractivity contribution < 1.29 is 39.5 Å². The van der Waals surface area contributed by atoms with E-state index in [1.807, 2.05) is 20.8 Å². The zero-order valence-electron chi connectivity index (χ0n) is 19.5. The Labute approximate surface area is 204 Å². The average molecular weight is 537 g/mol. The molecular formula is C24H20F9N3O. The van der Waals surface area contributed by atoms with Gasteiger partial charge in [0.1, 0.15) is 11.5 Å². The van der Waals surface area contributed by atoms with Crippen LogP contribution in [0.25, 0.3) is 11.4 Å². The average Bonchev–Trinajstić information content (AvgIpc) is 2.74. The van der Waals surface area contributed by atoms with Gasteiger partial charge < -0.3 is 5.73 Å². The Morgan fingerprint density at radius 2 is 1.32 bits per heavy atom. The molecule has 200 valence electrons. The van der Waals surface area contributed by atoms with Gasteiger partial charge >= 0.3 is 18.5 Å². The minimum Gasteiger partial charge on any atom is -0.392 e. The summed E-state index contributed by atoms with van der Waals surface area (Å²) >= 11 is 0. The molecule has 0 aliphatic heterocycles. The summed E-state index contributed by atoms with van der Waals surface area (Å²) in [5.41, 5.74) is -3.42. The smallest absolute Gasteiger partial charge is 0.392 e. The van der Waals surface area contributed by atoms with Crippen LogP contribution in [0.5, 0.6) is 0 Å². The van der Waals surface area contributed by atoms with E-state index in [0.29, 0.717) is 4.57 Å². The van der Waals surface area contributed by atoms with E-state index in [2.05, 4.69) is 4.98 Å². The molecule has 0 amide bonds. The normalized spacial score (nSPS) is 13.2. The number of hydrogen-bond donors (Lipinski definition) is 1. The summed E-state index contributed by atoms with van der Waals surface area (Å²) in [6, 6.07) is 6.50. The van der Waals surface area contributed by atoms with E-state index in [-0.39, 0.29) is 29.2 Å². The number of rotatable bonds is 3. The third-order valence-corrected chi connectivity index (χ3v) is 5.53. The Morgan fingerprint density at radius 1 is 0.784 bits per heavy atom. The van der Waals surface area contributed by atoms with E-state index in [4.69, 9.17) is 5.73 Å². The minimum absolute atomic E-state index is 0.0140. The molecule has 0 spiro atoms. The largest absolute Gasteiger partial charge is 0.435 e. The van der Waals surface area contributed by atoms with Crippen molar-refractivity contribution in [2.45, 2.75) is 51.3 Å². The predicted octanol–water partition coefficient (Wildman–Crippen LogP) is 6.89. The highest BCUT2D eigenvalue weighted by atomic mass is 19.4. The van der Waals surface area contributed by atoms with Gasteiger partial charge in [-0.3, -0.25) is 9.36 Å². The maximum Gasteiger partial charge on any atom is 0.435 e. The molecule has 0 atom stereocenters. The molecule has 2 N–H and O–H groups in total. The molecular weight excluding hydrogens is 517 g/mol. The first-order chi connectivity index (χ1) is 16.7. The summed E-state index contributed by atoms with van der Waals surface area (Å²) in [6.07, 6.45) is -15.8. The lowest BCUT2D eigenvalue weighted by atomic mass is 9.87. The van der Waals surface area contributed by atoms with Crippen LogP contribution in [-0.2, 0) is 30.5 Å². The number of nitrogen functional groups attached to an aromatic ring is 1. The number of halogens is 9. The van der Waals surface area contributed by atoms with Crippen LogP contribution in [0, 0.1) is 0 Å². The molecule has 13 heteroatoms. The number of nitrogens with zero attached hydrogens (tertiary/aromatic N) is 2. The zero-order chi connectivity index (χ0) is 28.1. The molecule has 3 rings (SSSR count). The summed E-state index contributed by atoms with van der Waals surface area (Å²) in [5, 5.41) is 0. The molecule has 0 radical (unpaired) electrons. The lowest BCUT2D eigenvalue weighted by molar-refractivity contribution is -0.141. The van der Waals surface area contributed by atoms with Gasteiger partial charge in [-0.1, -0.05) is 45.0 Å². The second-order valence-electron chi connectivity index (χ2n) is 9.29. The van der Waals surface area contributed by atoms with Crippen molar-refractivity contribution in [3.05, 3.63) is 80.8 Å². The molecule has 1 heterocycles. The Kier molecular flexibility index (Phi) is 6.91. The topological polar surface area (TPSA) is 60.9 Å². The highest BCUT2D eigenvalue weighted by molar-refractivity contribution is 5.65. The second kappa shape index (κ2) is 9.10. The van der Waals surface area contributed by atoms with Gasteiger partial charge in [0.05, 0.1) is 17.7 Å². The monoisotopic (exact) mass is 537 g/mol. The van der Waals surface area contributed by atoms with Crippen LogP contribution < -0.4 is 11.3 Å². The number of anilines is 1. The summed E-state index contributed by atoms with van der Waals surface area (Å²) in [4.78, 5) is 16.1. The van der Waals surface area contributed by atoms with Crippen LogP contribution in [0.1, 0.15) is 48.7 Å². The predicted molar refractivity (Wildman–Crippen MR) is 118 cm³/mol. The molecule has 0 unspecified atom stereocenters. The fourth-order valence-electron chi connectivity index (χ4n) is 3.58.